The van der Waals surface area contributed by atoms with Gasteiger partial charge in [0.25, 0.3) is 0 Å². The number of hydrogen-bond donors (Lipinski definition) is 4. The highest BCUT2D eigenvalue weighted by atomic mass is 32.2. The van der Waals surface area contributed by atoms with Gasteiger partial charge in [0.05, 0.1) is 0 Å². The van der Waals surface area contributed by atoms with E-state index in [1.54, 1.807) is 0 Å². The van der Waals surface area contributed by atoms with Crippen molar-refractivity contribution in [1.82, 2.24) is 20.3 Å². The van der Waals surface area contributed by atoms with Gasteiger partial charge in [0, 0.05) is 11.5 Å². The van der Waals surface area contributed by atoms with Crippen LogP contribution in [-0.2, 0) is 9.59 Å². The van der Waals surface area contributed by atoms with Crippen molar-refractivity contribution in [2.75, 3.05) is 11.5 Å². The first kappa shape index (κ1) is 15.8. The highest BCUT2D eigenvalue weighted by molar-refractivity contribution is 8.01. The topological polar surface area (TPSA) is 162 Å². The first-order valence-corrected chi connectivity index (χ1v) is 8.38. The van der Waals surface area contributed by atoms with Crippen LogP contribution in [0.4, 0.5) is 0 Å². The average Bonchev–Trinajstić information content (AvgIpc) is 2.99. The number of hydrogen-bond acceptors (Lipinski definition) is 8. The van der Waals surface area contributed by atoms with Crippen LogP contribution >= 0.6 is 23.5 Å². The predicted molar refractivity (Wildman–Crippen MR) is 79.8 cm³/mol. The monoisotopic (exact) mass is 357 g/mol. The number of carbonyl (C=O) groups is 3. The van der Waals surface area contributed by atoms with Gasteiger partial charge in [-0.1, -0.05) is 17.0 Å². The smallest absolute Gasteiger partial charge is 0.359 e. The zero-order valence-corrected chi connectivity index (χ0v) is 13.1. The van der Waals surface area contributed by atoms with Crippen LogP contribution in [0.5, 0.6) is 0 Å². The lowest BCUT2D eigenvalue weighted by Gasteiger charge is -2.48. The molecule has 0 spiro atoms. The highest BCUT2D eigenvalue weighted by Gasteiger charge is 2.51. The van der Waals surface area contributed by atoms with Crippen molar-refractivity contribution in [3.63, 3.8) is 0 Å². The molecule has 1 unspecified atom stereocenters. The first-order chi connectivity index (χ1) is 10.9. The number of thioether (sulfide) groups is 2. The van der Waals surface area contributed by atoms with Crippen molar-refractivity contribution in [2.45, 2.75) is 16.4 Å². The van der Waals surface area contributed by atoms with Crippen molar-refractivity contribution < 1.29 is 24.6 Å². The third kappa shape index (κ3) is 2.58. The van der Waals surface area contributed by atoms with Crippen molar-refractivity contribution in [1.29, 1.82) is 0 Å². The Labute approximate surface area is 137 Å². The summed E-state index contributed by atoms with van der Waals surface area (Å²) in [4.78, 5) is 35.5. The summed E-state index contributed by atoms with van der Waals surface area (Å²) in [5.74, 6) is -2.25. The summed E-state index contributed by atoms with van der Waals surface area (Å²) in [6, 6.07) is -0.682. The van der Waals surface area contributed by atoms with E-state index in [-0.39, 0.29) is 27.5 Å². The molecule has 0 saturated carbocycles. The molecule has 1 aromatic rings. The largest absolute Gasteiger partial charge is 0.477 e. The molecule has 122 valence electrons. The maximum absolute atomic E-state index is 11.8. The van der Waals surface area contributed by atoms with Crippen LogP contribution in [0, 0.1) is 0 Å². The van der Waals surface area contributed by atoms with Gasteiger partial charge in [-0.2, -0.15) is 0 Å². The summed E-state index contributed by atoms with van der Waals surface area (Å²) in [5, 5.41) is 27.6. The number of carboxylic acid groups (broad SMARTS) is 2. The molecule has 1 fully saturated rings. The number of aromatic carboxylic acids is 1. The number of carboxylic acids is 2. The van der Waals surface area contributed by atoms with E-state index >= 15 is 0 Å². The molecule has 10 nitrogen and oxygen atoms in total. The third-order valence-corrected chi connectivity index (χ3v) is 5.83. The van der Waals surface area contributed by atoms with Crippen molar-refractivity contribution >= 4 is 41.4 Å². The number of rotatable bonds is 5. The Morgan fingerprint density at radius 3 is 2.83 bits per heavy atom. The fraction of sp³-hybridized carbons (Fsp3) is 0.364. The molecule has 23 heavy (non-hydrogen) atoms. The highest BCUT2D eigenvalue weighted by Crippen LogP contribution is 2.40. The second-order valence-electron chi connectivity index (χ2n) is 4.78. The molecule has 0 radical (unpaired) electrons. The molecule has 3 heterocycles. The number of carbonyl (C=O) groups excluding carboxylic acids is 1. The maximum atomic E-state index is 11.8. The zero-order valence-electron chi connectivity index (χ0n) is 11.4. The molecule has 1 amide bonds. The van der Waals surface area contributed by atoms with Crippen molar-refractivity contribution in [3.8, 4) is 0 Å². The molecule has 3 rings (SSSR count). The van der Waals surface area contributed by atoms with Crippen LogP contribution in [-0.4, -0.2) is 71.3 Å². The van der Waals surface area contributed by atoms with Crippen LogP contribution in [0.3, 0.4) is 0 Å². The molecule has 0 aliphatic carbocycles. The summed E-state index contributed by atoms with van der Waals surface area (Å²) in [5.41, 5.74) is 5.89. The second kappa shape index (κ2) is 5.86. The predicted octanol–water partition coefficient (Wildman–Crippen LogP) is -0.824. The summed E-state index contributed by atoms with van der Waals surface area (Å²) >= 11 is 2.46. The lowest BCUT2D eigenvalue weighted by Crippen LogP contribution is -2.68. The van der Waals surface area contributed by atoms with Gasteiger partial charge < -0.3 is 15.9 Å². The normalized spacial score (nSPS) is 23.5. The van der Waals surface area contributed by atoms with Gasteiger partial charge in [-0.15, -0.1) is 16.9 Å². The molecule has 0 aromatic carbocycles. The number of fused-ring (bicyclic) bond motifs is 1. The second-order valence-corrected chi connectivity index (χ2v) is 6.87. The van der Waals surface area contributed by atoms with Gasteiger partial charge in [0.1, 0.15) is 22.1 Å². The van der Waals surface area contributed by atoms with Gasteiger partial charge >= 0.3 is 11.9 Å². The van der Waals surface area contributed by atoms with Crippen LogP contribution in [0.2, 0.25) is 0 Å². The lowest BCUT2D eigenvalue weighted by molar-refractivity contribution is -0.147. The Kier molecular flexibility index (Phi) is 4.04. The minimum absolute atomic E-state index is 0.0719. The van der Waals surface area contributed by atoms with Crippen LogP contribution in [0.15, 0.2) is 16.3 Å². The Bertz CT molecular complexity index is 732. The van der Waals surface area contributed by atoms with E-state index in [1.165, 1.54) is 16.7 Å². The Hall–Kier alpha value is -2.05. The Morgan fingerprint density at radius 1 is 1.43 bits per heavy atom. The zero-order chi connectivity index (χ0) is 16.7. The summed E-state index contributed by atoms with van der Waals surface area (Å²) in [6.45, 7) is 0. The van der Waals surface area contributed by atoms with Crippen LogP contribution < -0.4 is 5.73 Å². The number of aliphatic carboxylic acids is 1. The van der Waals surface area contributed by atoms with E-state index in [0.717, 1.165) is 11.8 Å². The quantitative estimate of drug-likeness (QED) is 0.386. The van der Waals surface area contributed by atoms with Gasteiger partial charge in [-0.3, -0.25) is 14.8 Å². The Morgan fingerprint density at radius 2 is 2.17 bits per heavy atom. The number of nitrogens with one attached hydrogen (secondary N) is 1. The summed E-state index contributed by atoms with van der Waals surface area (Å²) in [6.07, 6.45) is 0. The number of β-lactam (4-membered cyclic amide) rings is 1. The summed E-state index contributed by atoms with van der Waals surface area (Å²) in [7, 11) is 0. The minimum Gasteiger partial charge on any atom is -0.477 e. The standard InChI is InChI=1S/C11H11N5O5S2/c12-4-8(17)16-6(11(20)21)3(2-23-9(4)16)1-22-7-5(10(18)19)13-15-14-7/h4,9H,1-2,12H2,(H,18,19)(H,20,21)(H,13,14,15)/t4?,9-/m0/s1. The van der Waals surface area contributed by atoms with E-state index in [2.05, 4.69) is 15.4 Å². The van der Waals surface area contributed by atoms with E-state index in [1.807, 2.05) is 0 Å². The average molecular weight is 357 g/mol. The fourth-order valence-corrected chi connectivity index (χ4v) is 4.66. The molecular formula is C11H11N5O5S2. The van der Waals surface area contributed by atoms with E-state index < -0.39 is 23.9 Å². The van der Waals surface area contributed by atoms with Gasteiger partial charge in [0.2, 0.25) is 11.6 Å². The van der Waals surface area contributed by atoms with Crippen LogP contribution in [0.25, 0.3) is 0 Å². The fourth-order valence-electron chi connectivity index (χ4n) is 2.31. The van der Waals surface area contributed by atoms with Gasteiger partial charge in [0.15, 0.2) is 0 Å². The van der Waals surface area contributed by atoms with Gasteiger partial charge in [-0.25, -0.2) is 9.59 Å². The van der Waals surface area contributed by atoms with E-state index in [4.69, 9.17) is 10.8 Å². The van der Waals surface area contributed by atoms with Crippen LogP contribution in [0.1, 0.15) is 10.5 Å². The molecule has 2 atom stereocenters. The van der Waals surface area contributed by atoms with Crippen molar-refractivity contribution in [3.05, 3.63) is 17.0 Å². The number of nitrogens with two attached hydrogens (primary N) is 1. The molecule has 2 aliphatic heterocycles. The third-order valence-electron chi connectivity index (χ3n) is 3.40. The number of aromatic nitrogens is 3. The number of H-pyrrole nitrogens is 1. The molecule has 12 heteroatoms. The van der Waals surface area contributed by atoms with E-state index in [9.17, 15) is 19.5 Å². The molecule has 1 aromatic heterocycles. The summed E-state index contributed by atoms with van der Waals surface area (Å²) < 4.78 is 0. The molecule has 1 saturated heterocycles. The molecule has 2 aliphatic rings. The molecule has 0 bridgehead atoms. The van der Waals surface area contributed by atoms with Gasteiger partial charge in [-0.05, 0) is 5.57 Å². The Balaban J connectivity index is 1.83. The maximum Gasteiger partial charge on any atom is 0.359 e. The SMILES string of the molecule is NC1C(=O)N2C(C(=O)O)=C(CSc3[nH]nnc3C(=O)O)CS[C@@H]12. The number of amides is 1. The lowest BCUT2D eigenvalue weighted by atomic mass is 10.0. The van der Waals surface area contributed by atoms with E-state index in [0.29, 0.717) is 11.3 Å². The first-order valence-electron chi connectivity index (χ1n) is 6.34. The molecule has 5 N–H and O–H groups in total. The minimum atomic E-state index is -1.23. The number of aromatic amines is 1. The van der Waals surface area contributed by atoms with Crippen molar-refractivity contribution in [2.24, 2.45) is 5.73 Å². The molecular weight excluding hydrogens is 346 g/mol. The number of nitrogens with zero attached hydrogens (tertiary/aromatic N) is 3.